The van der Waals surface area contributed by atoms with E-state index in [2.05, 4.69) is 15.1 Å². The van der Waals surface area contributed by atoms with Gasteiger partial charge in [0, 0.05) is 44.0 Å². The molecule has 1 saturated heterocycles. The lowest BCUT2D eigenvalue weighted by Gasteiger charge is -2.36. The van der Waals surface area contributed by atoms with Crippen molar-refractivity contribution in [1.29, 1.82) is 0 Å². The zero-order chi connectivity index (χ0) is 28.9. The Hall–Kier alpha value is -3.41. The van der Waals surface area contributed by atoms with E-state index in [9.17, 15) is 31.5 Å². The molecule has 0 aliphatic carbocycles. The second-order valence-electron chi connectivity index (χ2n) is 9.69. The molecule has 1 heterocycles. The monoisotopic (exact) mass is 575 g/mol. The quantitative estimate of drug-likeness (QED) is 0.396. The number of aliphatic hydroxyl groups is 1. The Balaban J connectivity index is 1.30. The molecule has 1 atom stereocenters. The number of rotatable bonds is 9. The zero-order valence-electron chi connectivity index (χ0n) is 22.1. The molecule has 2 N–H and O–H groups in total. The van der Waals surface area contributed by atoms with Gasteiger partial charge in [-0.05, 0) is 59.7 Å². The summed E-state index contributed by atoms with van der Waals surface area (Å²) in [6, 6.07) is 17.8. The summed E-state index contributed by atoms with van der Waals surface area (Å²) >= 11 is 0. The highest BCUT2D eigenvalue weighted by Gasteiger charge is 2.30. The van der Waals surface area contributed by atoms with Crippen molar-refractivity contribution in [2.24, 2.45) is 0 Å². The highest BCUT2D eigenvalue weighted by molar-refractivity contribution is 7.91. The number of hydrogen-bond acceptors (Lipinski definition) is 6. The van der Waals surface area contributed by atoms with Crippen molar-refractivity contribution in [3.63, 3.8) is 0 Å². The fourth-order valence-electron chi connectivity index (χ4n) is 4.60. The second kappa shape index (κ2) is 12.4. The van der Waals surface area contributed by atoms with E-state index in [4.69, 9.17) is 0 Å². The van der Waals surface area contributed by atoms with Crippen LogP contribution in [0.1, 0.15) is 40.0 Å². The molecular weight excluding hydrogens is 543 g/mol. The van der Waals surface area contributed by atoms with Gasteiger partial charge in [0.05, 0.1) is 28.9 Å². The van der Waals surface area contributed by atoms with Crippen molar-refractivity contribution in [2.45, 2.75) is 30.6 Å². The summed E-state index contributed by atoms with van der Waals surface area (Å²) in [5.41, 5.74) is 2.16. The van der Waals surface area contributed by atoms with E-state index in [1.54, 1.807) is 31.2 Å². The Morgan fingerprint density at radius 3 is 2.05 bits per heavy atom. The summed E-state index contributed by atoms with van der Waals surface area (Å²) < 4.78 is 62.4. The van der Waals surface area contributed by atoms with Crippen LogP contribution in [-0.4, -0.2) is 62.9 Å². The standard InChI is InChI=1S/C29H32F3N3O4S/c1-2-40(38,39)26-13-7-22(8-14-26)27(20-36)33-28(37)23-5-11-25(12-6-23)35-17-15-34(16-18-35)19-21-3-9-24(10-4-21)29(30,31)32/h3-14,27,36H,2,15-20H2,1H3,(H,33,37)/t27-/m0/s1. The van der Waals surface area contributed by atoms with Crippen LogP contribution in [0.15, 0.2) is 77.7 Å². The predicted molar refractivity (Wildman–Crippen MR) is 147 cm³/mol. The van der Waals surface area contributed by atoms with Crippen molar-refractivity contribution in [3.05, 3.63) is 95.1 Å². The molecule has 7 nitrogen and oxygen atoms in total. The summed E-state index contributed by atoms with van der Waals surface area (Å²) in [7, 11) is -3.34. The topological polar surface area (TPSA) is 89.9 Å². The van der Waals surface area contributed by atoms with Crippen molar-refractivity contribution in [1.82, 2.24) is 10.2 Å². The Kier molecular flexibility index (Phi) is 9.17. The Bertz CT molecular complexity index is 1390. The van der Waals surface area contributed by atoms with Crippen molar-refractivity contribution < 1.29 is 31.5 Å². The number of alkyl halides is 3. The highest BCUT2D eigenvalue weighted by atomic mass is 32.2. The van der Waals surface area contributed by atoms with Crippen LogP contribution in [0.25, 0.3) is 0 Å². The number of halogens is 3. The fraction of sp³-hybridized carbons (Fsp3) is 0.345. The molecule has 0 spiro atoms. The van der Waals surface area contributed by atoms with Crippen LogP contribution >= 0.6 is 0 Å². The molecule has 11 heteroatoms. The van der Waals surface area contributed by atoms with Gasteiger partial charge in [0.2, 0.25) is 0 Å². The fourth-order valence-corrected chi connectivity index (χ4v) is 5.48. The third kappa shape index (κ3) is 7.21. The van der Waals surface area contributed by atoms with Crippen LogP contribution in [0.3, 0.4) is 0 Å². The number of nitrogens with zero attached hydrogens (tertiary/aromatic N) is 2. The summed E-state index contributed by atoms with van der Waals surface area (Å²) in [6.45, 7) is 4.78. The van der Waals surface area contributed by atoms with Crippen LogP contribution < -0.4 is 10.2 Å². The number of carbonyl (C=O) groups excluding carboxylic acids is 1. The maximum Gasteiger partial charge on any atom is 0.416 e. The lowest BCUT2D eigenvalue weighted by atomic mass is 10.1. The first-order valence-corrected chi connectivity index (χ1v) is 14.6. The molecule has 1 fully saturated rings. The van der Waals surface area contributed by atoms with Gasteiger partial charge in [0.25, 0.3) is 5.91 Å². The molecule has 1 aliphatic rings. The average Bonchev–Trinajstić information content (AvgIpc) is 2.96. The third-order valence-electron chi connectivity index (χ3n) is 7.06. The zero-order valence-corrected chi connectivity index (χ0v) is 22.9. The van der Waals surface area contributed by atoms with Crippen LogP contribution in [0.2, 0.25) is 0 Å². The Morgan fingerprint density at radius 1 is 0.925 bits per heavy atom. The summed E-state index contributed by atoms with van der Waals surface area (Å²) in [4.78, 5) is 17.4. The SMILES string of the molecule is CCS(=O)(=O)c1ccc([C@H](CO)NC(=O)c2ccc(N3CCN(Cc4ccc(C(F)(F)F)cc4)CC3)cc2)cc1. The van der Waals surface area contributed by atoms with Crippen LogP contribution in [-0.2, 0) is 22.6 Å². The molecule has 3 aromatic rings. The van der Waals surface area contributed by atoms with Gasteiger partial charge in [-0.25, -0.2) is 8.42 Å². The molecule has 4 rings (SSSR count). The lowest BCUT2D eigenvalue weighted by Crippen LogP contribution is -2.46. The minimum absolute atomic E-state index is 0.0130. The van der Waals surface area contributed by atoms with Gasteiger partial charge in [-0.2, -0.15) is 13.2 Å². The van der Waals surface area contributed by atoms with E-state index in [0.29, 0.717) is 17.7 Å². The molecule has 0 radical (unpaired) electrons. The van der Waals surface area contributed by atoms with E-state index < -0.39 is 27.6 Å². The van der Waals surface area contributed by atoms with Gasteiger partial charge in [-0.3, -0.25) is 9.69 Å². The van der Waals surface area contributed by atoms with E-state index >= 15 is 0 Å². The van der Waals surface area contributed by atoms with Crippen molar-refractivity contribution in [3.8, 4) is 0 Å². The number of piperazine rings is 1. The van der Waals surface area contributed by atoms with Crippen molar-refractivity contribution in [2.75, 3.05) is 43.4 Å². The maximum absolute atomic E-state index is 12.8. The van der Waals surface area contributed by atoms with Crippen LogP contribution in [0.4, 0.5) is 18.9 Å². The van der Waals surface area contributed by atoms with E-state index in [1.807, 2.05) is 12.1 Å². The number of amides is 1. The van der Waals surface area contributed by atoms with E-state index in [1.165, 1.54) is 24.3 Å². The number of hydrogen-bond donors (Lipinski definition) is 2. The van der Waals surface area contributed by atoms with Gasteiger partial charge < -0.3 is 15.3 Å². The first-order chi connectivity index (χ1) is 19.0. The highest BCUT2D eigenvalue weighted by Crippen LogP contribution is 2.29. The number of anilines is 1. The smallest absolute Gasteiger partial charge is 0.394 e. The minimum atomic E-state index is -4.34. The molecule has 0 saturated carbocycles. The van der Waals surface area contributed by atoms with Gasteiger partial charge in [0.1, 0.15) is 0 Å². The molecule has 0 bridgehead atoms. The normalized spacial score (nSPS) is 15.6. The van der Waals surface area contributed by atoms with Gasteiger partial charge >= 0.3 is 6.18 Å². The molecule has 3 aromatic carbocycles. The van der Waals surface area contributed by atoms with Gasteiger partial charge in [0.15, 0.2) is 9.84 Å². The maximum atomic E-state index is 12.8. The molecule has 40 heavy (non-hydrogen) atoms. The first kappa shape index (κ1) is 29.6. The number of sulfone groups is 1. The molecule has 0 aromatic heterocycles. The molecule has 214 valence electrons. The third-order valence-corrected chi connectivity index (χ3v) is 8.81. The lowest BCUT2D eigenvalue weighted by molar-refractivity contribution is -0.137. The molecule has 1 amide bonds. The Labute approximate surface area is 232 Å². The number of nitrogens with one attached hydrogen (secondary N) is 1. The molecule has 0 unspecified atom stereocenters. The Morgan fingerprint density at radius 2 is 1.52 bits per heavy atom. The second-order valence-corrected chi connectivity index (χ2v) is 12.0. The number of aliphatic hydroxyl groups excluding tert-OH is 1. The summed E-state index contributed by atoms with van der Waals surface area (Å²) in [6.07, 6.45) is -4.34. The first-order valence-electron chi connectivity index (χ1n) is 13.0. The van der Waals surface area contributed by atoms with Crippen molar-refractivity contribution >= 4 is 21.4 Å². The summed E-state index contributed by atoms with van der Waals surface area (Å²) in [5, 5.41) is 12.6. The number of carbonyl (C=O) groups is 1. The van der Waals surface area contributed by atoms with Gasteiger partial charge in [-0.1, -0.05) is 31.2 Å². The molecule has 1 aliphatic heterocycles. The van der Waals surface area contributed by atoms with Crippen LogP contribution in [0.5, 0.6) is 0 Å². The summed E-state index contributed by atoms with van der Waals surface area (Å²) in [5.74, 6) is -0.377. The largest absolute Gasteiger partial charge is 0.416 e. The van der Waals surface area contributed by atoms with Gasteiger partial charge in [-0.15, -0.1) is 0 Å². The van der Waals surface area contributed by atoms with E-state index in [-0.39, 0.29) is 23.2 Å². The van der Waals surface area contributed by atoms with Crippen LogP contribution in [0, 0.1) is 0 Å². The minimum Gasteiger partial charge on any atom is -0.394 e. The number of benzene rings is 3. The van der Waals surface area contributed by atoms with E-state index in [0.717, 1.165) is 49.6 Å². The predicted octanol–water partition coefficient (Wildman–Crippen LogP) is 4.28. The average molecular weight is 576 g/mol. The molecular formula is C29H32F3N3O4S.